The normalized spacial score (nSPS) is 28.1. The van der Waals surface area contributed by atoms with Crippen LogP contribution in [-0.4, -0.2) is 5.78 Å². The molecule has 0 aliphatic heterocycles. The fraction of sp³-hybridized carbons (Fsp3) is 0.562. The average molecular weight is 265 g/mol. The second-order valence-electron chi connectivity index (χ2n) is 5.88. The highest BCUT2D eigenvalue weighted by Gasteiger charge is 2.28. The minimum atomic E-state index is 0.263. The SMILES string of the molecule is CC1CC(C)CC(C(=O)Cc2ccc(Cl)cc2)C1. The molecule has 0 radical (unpaired) electrons. The van der Waals surface area contributed by atoms with Gasteiger partial charge < -0.3 is 0 Å². The molecule has 2 atom stereocenters. The Morgan fingerprint density at radius 3 is 2.22 bits per heavy atom. The van der Waals surface area contributed by atoms with E-state index in [1.54, 1.807) is 0 Å². The summed E-state index contributed by atoms with van der Waals surface area (Å²) in [5, 5.41) is 0.728. The van der Waals surface area contributed by atoms with E-state index >= 15 is 0 Å². The molecule has 0 heterocycles. The minimum Gasteiger partial charge on any atom is -0.299 e. The molecular weight excluding hydrogens is 244 g/mol. The zero-order chi connectivity index (χ0) is 13.1. The lowest BCUT2D eigenvalue weighted by Crippen LogP contribution is -2.27. The van der Waals surface area contributed by atoms with E-state index in [1.807, 2.05) is 24.3 Å². The molecule has 1 nitrogen and oxygen atoms in total. The molecule has 1 aromatic carbocycles. The van der Waals surface area contributed by atoms with Crippen molar-refractivity contribution in [2.24, 2.45) is 17.8 Å². The molecule has 18 heavy (non-hydrogen) atoms. The van der Waals surface area contributed by atoms with Crippen LogP contribution in [0.25, 0.3) is 0 Å². The van der Waals surface area contributed by atoms with Crippen LogP contribution in [0.5, 0.6) is 0 Å². The maximum absolute atomic E-state index is 12.3. The maximum Gasteiger partial charge on any atom is 0.140 e. The number of halogens is 1. The second kappa shape index (κ2) is 5.88. The van der Waals surface area contributed by atoms with Crippen molar-refractivity contribution >= 4 is 17.4 Å². The molecule has 1 aromatic rings. The van der Waals surface area contributed by atoms with Crippen molar-refractivity contribution in [1.82, 2.24) is 0 Å². The lowest BCUT2D eigenvalue weighted by molar-refractivity contribution is -0.124. The first-order valence-corrected chi connectivity index (χ1v) is 7.19. The highest BCUT2D eigenvalue weighted by Crippen LogP contribution is 2.33. The van der Waals surface area contributed by atoms with Gasteiger partial charge in [0.15, 0.2) is 0 Å². The van der Waals surface area contributed by atoms with Crippen molar-refractivity contribution in [2.75, 3.05) is 0 Å². The van der Waals surface area contributed by atoms with Gasteiger partial charge in [0.05, 0.1) is 0 Å². The number of carbonyl (C=O) groups is 1. The van der Waals surface area contributed by atoms with Crippen molar-refractivity contribution in [1.29, 1.82) is 0 Å². The Morgan fingerprint density at radius 1 is 1.11 bits per heavy atom. The summed E-state index contributed by atoms with van der Waals surface area (Å²) in [7, 11) is 0. The van der Waals surface area contributed by atoms with E-state index in [1.165, 1.54) is 6.42 Å². The molecule has 2 rings (SSSR count). The van der Waals surface area contributed by atoms with Crippen molar-refractivity contribution in [3.05, 3.63) is 34.9 Å². The van der Waals surface area contributed by atoms with E-state index < -0.39 is 0 Å². The molecule has 1 aliphatic rings. The number of Topliss-reactive ketones (excluding diaryl/α,β-unsaturated/α-hetero) is 1. The number of carbonyl (C=O) groups excluding carboxylic acids is 1. The van der Waals surface area contributed by atoms with Crippen LogP contribution in [0, 0.1) is 17.8 Å². The number of hydrogen-bond donors (Lipinski definition) is 0. The van der Waals surface area contributed by atoms with Crippen LogP contribution in [0.1, 0.15) is 38.7 Å². The molecule has 0 N–H and O–H groups in total. The van der Waals surface area contributed by atoms with Crippen LogP contribution in [0.3, 0.4) is 0 Å². The Bertz CT molecular complexity index is 400. The van der Waals surface area contributed by atoms with Gasteiger partial charge in [0.2, 0.25) is 0 Å². The fourth-order valence-electron chi connectivity index (χ4n) is 3.16. The second-order valence-corrected chi connectivity index (χ2v) is 6.32. The Labute approximate surface area is 115 Å². The third-order valence-corrected chi connectivity index (χ3v) is 4.18. The predicted molar refractivity (Wildman–Crippen MR) is 75.8 cm³/mol. The molecule has 1 aliphatic carbocycles. The molecule has 2 unspecified atom stereocenters. The summed E-state index contributed by atoms with van der Waals surface area (Å²) >= 11 is 5.85. The zero-order valence-corrected chi connectivity index (χ0v) is 11.9. The molecule has 1 fully saturated rings. The Morgan fingerprint density at radius 2 is 1.67 bits per heavy atom. The molecule has 1 saturated carbocycles. The van der Waals surface area contributed by atoms with Crippen LogP contribution < -0.4 is 0 Å². The van der Waals surface area contributed by atoms with Gasteiger partial charge in [-0.15, -0.1) is 0 Å². The zero-order valence-electron chi connectivity index (χ0n) is 11.2. The van der Waals surface area contributed by atoms with Gasteiger partial charge in [0.25, 0.3) is 0 Å². The Balaban J connectivity index is 1.97. The minimum absolute atomic E-state index is 0.263. The van der Waals surface area contributed by atoms with Crippen LogP contribution in [-0.2, 0) is 11.2 Å². The average Bonchev–Trinajstić information content (AvgIpc) is 2.31. The maximum atomic E-state index is 12.3. The summed E-state index contributed by atoms with van der Waals surface area (Å²) in [4.78, 5) is 12.3. The largest absolute Gasteiger partial charge is 0.299 e. The van der Waals surface area contributed by atoms with Crippen molar-refractivity contribution < 1.29 is 4.79 Å². The number of rotatable bonds is 3. The van der Waals surface area contributed by atoms with Gasteiger partial charge in [0.1, 0.15) is 5.78 Å². The van der Waals surface area contributed by atoms with E-state index in [-0.39, 0.29) is 5.92 Å². The number of ketones is 1. The van der Waals surface area contributed by atoms with E-state index in [2.05, 4.69) is 13.8 Å². The van der Waals surface area contributed by atoms with Crippen molar-refractivity contribution in [3.8, 4) is 0 Å². The number of benzene rings is 1. The van der Waals surface area contributed by atoms with Crippen LogP contribution in [0.2, 0.25) is 5.02 Å². The third kappa shape index (κ3) is 3.58. The monoisotopic (exact) mass is 264 g/mol. The fourth-order valence-corrected chi connectivity index (χ4v) is 3.28. The molecule has 0 aromatic heterocycles. The number of hydrogen-bond acceptors (Lipinski definition) is 1. The smallest absolute Gasteiger partial charge is 0.140 e. The quantitative estimate of drug-likeness (QED) is 0.784. The van der Waals surface area contributed by atoms with E-state index in [0.717, 1.165) is 23.4 Å². The Kier molecular flexibility index (Phi) is 4.45. The molecule has 0 bridgehead atoms. The summed E-state index contributed by atoms with van der Waals surface area (Å²) < 4.78 is 0. The first kappa shape index (κ1) is 13.6. The molecule has 0 spiro atoms. The van der Waals surface area contributed by atoms with Gasteiger partial charge in [0, 0.05) is 17.4 Å². The topological polar surface area (TPSA) is 17.1 Å². The lowest BCUT2D eigenvalue weighted by atomic mass is 9.74. The standard InChI is InChI=1S/C16H21ClO/c1-11-7-12(2)9-14(8-11)16(18)10-13-3-5-15(17)6-4-13/h3-6,11-12,14H,7-10H2,1-2H3. The van der Waals surface area contributed by atoms with Crippen LogP contribution >= 0.6 is 11.6 Å². The summed E-state index contributed by atoms with van der Waals surface area (Å²) in [5.74, 6) is 2.04. The highest BCUT2D eigenvalue weighted by atomic mass is 35.5. The van der Waals surface area contributed by atoms with Crippen molar-refractivity contribution in [2.45, 2.75) is 39.5 Å². The molecule has 2 heteroatoms. The van der Waals surface area contributed by atoms with Gasteiger partial charge in [-0.25, -0.2) is 0 Å². The molecular formula is C16H21ClO. The van der Waals surface area contributed by atoms with E-state index in [9.17, 15) is 4.79 Å². The predicted octanol–water partition coefficient (Wildman–Crippen LogP) is 4.52. The Hall–Kier alpha value is -0.820. The summed E-state index contributed by atoms with van der Waals surface area (Å²) in [6.07, 6.45) is 3.96. The van der Waals surface area contributed by atoms with Crippen LogP contribution in [0.15, 0.2) is 24.3 Å². The first-order chi connectivity index (χ1) is 8.54. The van der Waals surface area contributed by atoms with Gasteiger partial charge in [-0.3, -0.25) is 4.79 Å². The molecule has 0 saturated heterocycles. The summed E-state index contributed by atoms with van der Waals surface area (Å²) in [6.45, 7) is 4.52. The van der Waals surface area contributed by atoms with Crippen LogP contribution in [0.4, 0.5) is 0 Å². The van der Waals surface area contributed by atoms with Gasteiger partial charge in [-0.05, 0) is 48.8 Å². The highest BCUT2D eigenvalue weighted by molar-refractivity contribution is 6.30. The molecule has 98 valence electrons. The van der Waals surface area contributed by atoms with E-state index in [4.69, 9.17) is 11.6 Å². The van der Waals surface area contributed by atoms with E-state index in [0.29, 0.717) is 24.0 Å². The lowest BCUT2D eigenvalue weighted by Gasteiger charge is -2.30. The summed E-state index contributed by atoms with van der Waals surface area (Å²) in [6, 6.07) is 7.62. The third-order valence-electron chi connectivity index (χ3n) is 3.93. The van der Waals surface area contributed by atoms with Gasteiger partial charge >= 0.3 is 0 Å². The summed E-state index contributed by atoms with van der Waals surface area (Å²) in [5.41, 5.74) is 1.08. The van der Waals surface area contributed by atoms with Crippen molar-refractivity contribution in [3.63, 3.8) is 0 Å². The first-order valence-electron chi connectivity index (χ1n) is 6.81. The van der Waals surface area contributed by atoms with Gasteiger partial charge in [-0.2, -0.15) is 0 Å². The van der Waals surface area contributed by atoms with Gasteiger partial charge in [-0.1, -0.05) is 37.6 Å². The molecule has 0 amide bonds.